The lowest BCUT2D eigenvalue weighted by Crippen LogP contribution is -2.46. The smallest absolute Gasteiger partial charge is 0.115 e. The summed E-state index contributed by atoms with van der Waals surface area (Å²) < 4.78 is 0. The van der Waals surface area contributed by atoms with Crippen molar-refractivity contribution in [3.05, 3.63) is 24.3 Å². The first-order chi connectivity index (χ1) is 9.26. The van der Waals surface area contributed by atoms with Gasteiger partial charge in [-0.25, -0.2) is 9.97 Å². The fourth-order valence-electron chi connectivity index (χ4n) is 2.89. The van der Waals surface area contributed by atoms with Crippen LogP contribution in [0.25, 0.3) is 0 Å². The van der Waals surface area contributed by atoms with Gasteiger partial charge in [-0.3, -0.25) is 4.90 Å². The molecule has 1 fully saturated rings. The van der Waals surface area contributed by atoms with Crippen LogP contribution >= 0.6 is 0 Å². The maximum absolute atomic E-state index is 5.95. The molecule has 2 heterocycles. The van der Waals surface area contributed by atoms with Crippen LogP contribution in [-0.2, 0) is 0 Å². The van der Waals surface area contributed by atoms with Crippen molar-refractivity contribution >= 4 is 0 Å². The van der Waals surface area contributed by atoms with Gasteiger partial charge in [-0.2, -0.15) is 0 Å². The summed E-state index contributed by atoms with van der Waals surface area (Å²) in [7, 11) is 2.17. The van der Waals surface area contributed by atoms with Gasteiger partial charge in [0, 0.05) is 18.8 Å². The van der Waals surface area contributed by atoms with E-state index in [1.54, 1.807) is 12.5 Å². The number of aromatic nitrogens is 2. The average molecular weight is 263 g/mol. The van der Waals surface area contributed by atoms with Crippen molar-refractivity contribution in [1.82, 2.24) is 19.8 Å². The molecule has 0 aliphatic carbocycles. The van der Waals surface area contributed by atoms with Gasteiger partial charge in [-0.15, -0.1) is 0 Å². The first-order valence-electron chi connectivity index (χ1n) is 7.16. The lowest BCUT2D eigenvalue weighted by Gasteiger charge is -2.39. The monoisotopic (exact) mass is 263 g/mol. The van der Waals surface area contributed by atoms with Crippen LogP contribution in [0.1, 0.15) is 31.5 Å². The molecule has 1 aromatic rings. The number of piperidine rings is 1. The Hall–Kier alpha value is -1.04. The van der Waals surface area contributed by atoms with E-state index in [0.29, 0.717) is 12.6 Å². The molecule has 0 aromatic carbocycles. The zero-order chi connectivity index (χ0) is 13.7. The normalized spacial score (nSPS) is 19.8. The Morgan fingerprint density at radius 1 is 1.47 bits per heavy atom. The Labute approximate surface area is 115 Å². The van der Waals surface area contributed by atoms with E-state index in [4.69, 9.17) is 5.73 Å². The van der Waals surface area contributed by atoms with Crippen molar-refractivity contribution in [2.24, 2.45) is 5.73 Å². The Kier molecular flexibility index (Phi) is 5.24. The molecule has 19 heavy (non-hydrogen) atoms. The van der Waals surface area contributed by atoms with Crippen molar-refractivity contribution in [2.75, 3.05) is 33.2 Å². The van der Waals surface area contributed by atoms with Gasteiger partial charge in [0.25, 0.3) is 0 Å². The minimum absolute atomic E-state index is 0.196. The molecule has 0 amide bonds. The number of likely N-dealkylation sites (tertiary alicyclic amines) is 1. The molecule has 1 aliphatic rings. The van der Waals surface area contributed by atoms with Gasteiger partial charge in [0.1, 0.15) is 6.33 Å². The highest BCUT2D eigenvalue weighted by Crippen LogP contribution is 2.23. The Morgan fingerprint density at radius 2 is 2.21 bits per heavy atom. The van der Waals surface area contributed by atoms with Crippen LogP contribution in [-0.4, -0.2) is 59.0 Å². The Bertz CT molecular complexity index is 361. The summed E-state index contributed by atoms with van der Waals surface area (Å²) in [5, 5.41) is 0. The van der Waals surface area contributed by atoms with Crippen molar-refractivity contribution < 1.29 is 0 Å². The van der Waals surface area contributed by atoms with Gasteiger partial charge in [0.05, 0.1) is 11.7 Å². The van der Waals surface area contributed by atoms with E-state index in [1.807, 2.05) is 6.07 Å². The van der Waals surface area contributed by atoms with Crippen molar-refractivity contribution in [1.29, 1.82) is 0 Å². The number of nitrogens with two attached hydrogens (primary N) is 1. The minimum Gasteiger partial charge on any atom is -0.329 e. The molecule has 1 saturated heterocycles. The first-order valence-corrected chi connectivity index (χ1v) is 7.16. The van der Waals surface area contributed by atoms with Crippen LogP contribution in [0.2, 0.25) is 0 Å². The average Bonchev–Trinajstić information content (AvgIpc) is 2.49. The molecular formula is C14H25N5. The SMILES string of the molecule is CCN1CCC(N(C)C(CN)c2ccncn2)CC1. The second-order valence-electron chi connectivity index (χ2n) is 5.22. The minimum atomic E-state index is 0.196. The van der Waals surface area contributed by atoms with E-state index in [1.165, 1.54) is 25.9 Å². The first kappa shape index (κ1) is 14.4. The van der Waals surface area contributed by atoms with Gasteiger partial charge in [-0.1, -0.05) is 6.92 Å². The van der Waals surface area contributed by atoms with Crippen LogP contribution in [0.15, 0.2) is 18.6 Å². The molecule has 5 heteroatoms. The zero-order valence-corrected chi connectivity index (χ0v) is 12.0. The molecule has 1 aliphatic heterocycles. The van der Waals surface area contributed by atoms with E-state index in [2.05, 4.69) is 33.7 Å². The van der Waals surface area contributed by atoms with Gasteiger partial charge in [0.2, 0.25) is 0 Å². The largest absolute Gasteiger partial charge is 0.329 e. The molecule has 0 bridgehead atoms. The Morgan fingerprint density at radius 3 is 2.74 bits per heavy atom. The molecule has 1 atom stereocenters. The van der Waals surface area contributed by atoms with Gasteiger partial charge < -0.3 is 10.6 Å². The molecule has 2 rings (SSSR count). The van der Waals surface area contributed by atoms with Crippen LogP contribution in [0.3, 0.4) is 0 Å². The van der Waals surface area contributed by atoms with Crippen molar-refractivity contribution in [3.63, 3.8) is 0 Å². The third-order valence-electron chi connectivity index (χ3n) is 4.24. The van der Waals surface area contributed by atoms with E-state index in [-0.39, 0.29) is 6.04 Å². The summed E-state index contributed by atoms with van der Waals surface area (Å²) >= 11 is 0. The summed E-state index contributed by atoms with van der Waals surface area (Å²) in [5.41, 5.74) is 6.98. The van der Waals surface area contributed by atoms with Gasteiger partial charge in [0.15, 0.2) is 0 Å². The highest BCUT2D eigenvalue weighted by atomic mass is 15.2. The van der Waals surface area contributed by atoms with Crippen LogP contribution in [0.4, 0.5) is 0 Å². The maximum Gasteiger partial charge on any atom is 0.115 e. The highest BCUT2D eigenvalue weighted by molar-refractivity contribution is 5.06. The van der Waals surface area contributed by atoms with Gasteiger partial charge in [-0.05, 0) is 45.6 Å². The molecule has 106 valence electrons. The second kappa shape index (κ2) is 6.93. The Balaban J connectivity index is 1.99. The highest BCUT2D eigenvalue weighted by Gasteiger charge is 2.27. The fraction of sp³-hybridized carbons (Fsp3) is 0.714. The third-order valence-corrected chi connectivity index (χ3v) is 4.24. The molecule has 2 N–H and O–H groups in total. The summed E-state index contributed by atoms with van der Waals surface area (Å²) in [6.45, 7) is 6.36. The van der Waals surface area contributed by atoms with Gasteiger partial charge >= 0.3 is 0 Å². The second-order valence-corrected chi connectivity index (χ2v) is 5.22. The van der Waals surface area contributed by atoms with E-state index in [0.717, 1.165) is 12.2 Å². The van der Waals surface area contributed by atoms with Crippen LogP contribution in [0, 0.1) is 0 Å². The number of rotatable bonds is 5. The molecule has 0 spiro atoms. The molecule has 5 nitrogen and oxygen atoms in total. The third kappa shape index (κ3) is 3.49. The zero-order valence-electron chi connectivity index (χ0n) is 12.0. The number of hydrogen-bond acceptors (Lipinski definition) is 5. The summed E-state index contributed by atoms with van der Waals surface area (Å²) in [4.78, 5) is 13.2. The van der Waals surface area contributed by atoms with E-state index < -0.39 is 0 Å². The van der Waals surface area contributed by atoms with E-state index >= 15 is 0 Å². The lowest BCUT2D eigenvalue weighted by molar-refractivity contribution is 0.0992. The van der Waals surface area contributed by atoms with Crippen LogP contribution in [0.5, 0.6) is 0 Å². The quantitative estimate of drug-likeness (QED) is 0.855. The lowest BCUT2D eigenvalue weighted by atomic mass is 10.0. The van der Waals surface area contributed by atoms with Crippen molar-refractivity contribution in [2.45, 2.75) is 31.8 Å². The maximum atomic E-state index is 5.95. The van der Waals surface area contributed by atoms with Crippen LogP contribution < -0.4 is 5.73 Å². The van der Waals surface area contributed by atoms with E-state index in [9.17, 15) is 0 Å². The standard InChI is InChI=1S/C14H25N5/c1-3-19-8-5-12(6-9-19)18(2)14(10-15)13-4-7-16-11-17-13/h4,7,11-12,14H,3,5-6,8-10,15H2,1-2H3. The fourth-order valence-corrected chi connectivity index (χ4v) is 2.89. The molecule has 1 unspecified atom stereocenters. The number of nitrogens with zero attached hydrogens (tertiary/aromatic N) is 4. The molecule has 0 radical (unpaired) electrons. The summed E-state index contributed by atoms with van der Waals surface area (Å²) in [6, 6.07) is 2.77. The van der Waals surface area contributed by atoms with Crippen molar-refractivity contribution in [3.8, 4) is 0 Å². The predicted octanol–water partition coefficient (Wildman–Crippen LogP) is 0.892. The predicted molar refractivity (Wildman–Crippen MR) is 76.7 cm³/mol. The molecule has 0 saturated carbocycles. The summed E-state index contributed by atoms with van der Waals surface area (Å²) in [5.74, 6) is 0. The summed E-state index contributed by atoms with van der Waals surface area (Å²) in [6.07, 6.45) is 5.82. The number of likely N-dealkylation sites (N-methyl/N-ethyl adjacent to an activating group) is 1. The topological polar surface area (TPSA) is 58.3 Å². The molecular weight excluding hydrogens is 238 g/mol. The molecule has 1 aromatic heterocycles. The number of hydrogen-bond donors (Lipinski definition) is 1.